The summed E-state index contributed by atoms with van der Waals surface area (Å²) in [6, 6.07) is 0.474. The normalized spacial score (nSPS) is 25.3. The smallest absolute Gasteiger partial charge is 0.465 e. The lowest BCUT2D eigenvalue weighted by atomic mass is 9.49. The Kier molecular flexibility index (Phi) is 19.1. The van der Waals surface area contributed by atoms with Gasteiger partial charge in [-0.25, -0.2) is 4.79 Å². The third-order valence-corrected chi connectivity index (χ3v) is 12.1. The second-order valence-corrected chi connectivity index (χ2v) is 17.2. The summed E-state index contributed by atoms with van der Waals surface area (Å²) in [6.07, 6.45) is 31.9. The molecule has 8 heteroatoms. The Morgan fingerprint density at radius 2 is 1.23 bits per heavy atom. The van der Waals surface area contributed by atoms with Crippen molar-refractivity contribution in [3.63, 3.8) is 0 Å². The van der Waals surface area contributed by atoms with Crippen molar-refractivity contribution in [2.75, 3.05) is 32.9 Å². The number of piperidine rings is 1. The largest absolute Gasteiger partial charge is 0.508 e. The zero-order valence-corrected chi connectivity index (χ0v) is 33.2. The van der Waals surface area contributed by atoms with Crippen molar-refractivity contribution in [3.8, 4) is 0 Å². The Bertz CT molecular complexity index is 1070. The third kappa shape index (κ3) is 15.9. The number of ether oxygens (including phenoxy) is 4. The summed E-state index contributed by atoms with van der Waals surface area (Å²) in [7, 11) is 0. The number of likely N-dealkylation sites (tertiary alicyclic amines) is 1. The van der Waals surface area contributed by atoms with Crippen LogP contribution in [0.1, 0.15) is 162 Å². The van der Waals surface area contributed by atoms with Crippen molar-refractivity contribution in [2.24, 2.45) is 29.1 Å². The van der Waals surface area contributed by atoms with Gasteiger partial charge in [-0.3, -0.25) is 9.59 Å². The van der Waals surface area contributed by atoms with Crippen LogP contribution in [0.15, 0.2) is 24.3 Å². The van der Waals surface area contributed by atoms with E-state index in [1.165, 1.54) is 64.2 Å². The molecule has 52 heavy (non-hydrogen) atoms. The molecule has 4 bridgehead atoms. The molecule has 1 heterocycles. The van der Waals surface area contributed by atoms with Gasteiger partial charge in [0.05, 0.1) is 12.3 Å². The SMILES string of the molecule is CCCCC/C=C\C/C=C\CCCCCCCCC(=O)OCC(COC(=O)CC12CC3CC(CC(C3)C1)C2)COC(=O)OC1CCN(C(C)C)CC1. The molecule has 0 radical (unpaired) electrons. The Morgan fingerprint density at radius 3 is 1.83 bits per heavy atom. The number of carbonyl (C=O) groups excluding carboxylic acids is 3. The number of rotatable bonds is 25. The van der Waals surface area contributed by atoms with Crippen LogP contribution in [0.2, 0.25) is 0 Å². The van der Waals surface area contributed by atoms with Crippen LogP contribution in [-0.2, 0) is 28.5 Å². The fraction of sp³-hybridized carbons (Fsp3) is 0.841. The van der Waals surface area contributed by atoms with Crippen molar-refractivity contribution in [1.29, 1.82) is 0 Å². The van der Waals surface area contributed by atoms with Crippen LogP contribution in [0.3, 0.4) is 0 Å². The molecule has 1 aliphatic heterocycles. The van der Waals surface area contributed by atoms with Crippen LogP contribution in [0, 0.1) is 29.1 Å². The van der Waals surface area contributed by atoms with E-state index in [2.05, 4.69) is 50.0 Å². The Labute approximate surface area is 316 Å². The monoisotopic (exact) mass is 728 g/mol. The van der Waals surface area contributed by atoms with Gasteiger partial charge in [-0.1, -0.05) is 69.8 Å². The molecule has 4 saturated carbocycles. The Hall–Kier alpha value is -2.35. The van der Waals surface area contributed by atoms with E-state index >= 15 is 0 Å². The molecule has 0 N–H and O–H groups in total. The quantitative estimate of drug-likeness (QED) is 0.0397. The average Bonchev–Trinajstić information content (AvgIpc) is 3.10. The van der Waals surface area contributed by atoms with Gasteiger partial charge >= 0.3 is 18.1 Å². The number of hydrogen-bond donors (Lipinski definition) is 0. The molecule has 0 aromatic heterocycles. The van der Waals surface area contributed by atoms with Gasteiger partial charge in [0.1, 0.15) is 25.9 Å². The van der Waals surface area contributed by atoms with E-state index in [0.29, 0.717) is 18.9 Å². The summed E-state index contributed by atoms with van der Waals surface area (Å²) in [5.74, 6) is 1.44. The number of nitrogens with zero attached hydrogens (tertiary/aromatic N) is 1. The summed E-state index contributed by atoms with van der Waals surface area (Å²) < 4.78 is 22.6. The number of hydrogen-bond acceptors (Lipinski definition) is 8. The first-order valence-electron chi connectivity index (χ1n) is 21.4. The maximum atomic E-state index is 13.1. The summed E-state index contributed by atoms with van der Waals surface area (Å²) in [5.41, 5.74) is 0.0983. The molecule has 5 fully saturated rings. The molecule has 1 saturated heterocycles. The fourth-order valence-corrected chi connectivity index (χ4v) is 9.63. The van der Waals surface area contributed by atoms with Crippen LogP contribution >= 0.6 is 0 Å². The van der Waals surface area contributed by atoms with E-state index in [4.69, 9.17) is 18.9 Å². The van der Waals surface area contributed by atoms with Crippen LogP contribution < -0.4 is 0 Å². The molecule has 296 valence electrons. The minimum atomic E-state index is -0.708. The van der Waals surface area contributed by atoms with Gasteiger partial charge in [0.25, 0.3) is 0 Å². The minimum Gasteiger partial charge on any atom is -0.465 e. The maximum absolute atomic E-state index is 13.1. The molecule has 4 aliphatic carbocycles. The summed E-state index contributed by atoms with van der Waals surface area (Å²) in [5, 5.41) is 0. The molecule has 1 unspecified atom stereocenters. The molecule has 0 aromatic carbocycles. The summed E-state index contributed by atoms with van der Waals surface area (Å²) in [6.45, 7) is 8.46. The topological polar surface area (TPSA) is 91.4 Å². The second-order valence-electron chi connectivity index (χ2n) is 17.2. The Balaban J connectivity index is 1.10. The van der Waals surface area contributed by atoms with Crippen molar-refractivity contribution in [2.45, 2.75) is 174 Å². The number of esters is 2. The van der Waals surface area contributed by atoms with Crippen LogP contribution in [0.4, 0.5) is 4.79 Å². The summed E-state index contributed by atoms with van der Waals surface area (Å²) in [4.78, 5) is 40.8. The van der Waals surface area contributed by atoms with E-state index in [-0.39, 0.29) is 43.3 Å². The van der Waals surface area contributed by atoms with Gasteiger partial charge in [-0.15, -0.1) is 0 Å². The number of allylic oxidation sites excluding steroid dienone is 4. The van der Waals surface area contributed by atoms with Crippen molar-refractivity contribution >= 4 is 18.1 Å². The highest BCUT2D eigenvalue weighted by Crippen LogP contribution is 2.61. The first kappa shape index (κ1) is 42.4. The standard InChI is InChI=1S/C44H73NO7/c1-4-5-6-7-8-9-10-11-12-13-14-15-16-17-18-19-20-41(46)49-32-39(34-51-43(48)52-40-21-23-45(24-22-40)35(2)3)33-50-42(47)31-44-28-36-25-37(29-44)27-38(26-36)30-44/h8-9,11-12,35-40H,4-7,10,13-34H2,1-3H3/b9-8-,12-11-. The molecule has 0 amide bonds. The van der Waals surface area contributed by atoms with E-state index in [0.717, 1.165) is 95.1 Å². The maximum Gasteiger partial charge on any atom is 0.508 e. The van der Waals surface area contributed by atoms with Crippen molar-refractivity contribution < 1.29 is 33.3 Å². The molecule has 5 aliphatic rings. The van der Waals surface area contributed by atoms with Crippen molar-refractivity contribution in [3.05, 3.63) is 24.3 Å². The molecule has 1 atom stereocenters. The van der Waals surface area contributed by atoms with Crippen LogP contribution in [0.25, 0.3) is 0 Å². The van der Waals surface area contributed by atoms with E-state index in [1.54, 1.807) is 0 Å². The van der Waals surface area contributed by atoms with Crippen LogP contribution in [-0.4, -0.2) is 68.0 Å². The van der Waals surface area contributed by atoms with Gasteiger partial charge in [-0.2, -0.15) is 0 Å². The van der Waals surface area contributed by atoms with Gasteiger partial charge < -0.3 is 23.8 Å². The second kappa shape index (κ2) is 23.4. The van der Waals surface area contributed by atoms with Crippen LogP contribution in [0.5, 0.6) is 0 Å². The predicted octanol–water partition coefficient (Wildman–Crippen LogP) is 10.5. The lowest BCUT2D eigenvalue weighted by molar-refractivity contribution is -0.155. The van der Waals surface area contributed by atoms with E-state index in [1.807, 2.05) is 0 Å². The molecule has 0 spiro atoms. The predicted molar refractivity (Wildman–Crippen MR) is 207 cm³/mol. The highest BCUT2D eigenvalue weighted by Gasteiger charge is 2.51. The lowest BCUT2D eigenvalue weighted by Crippen LogP contribution is -2.47. The van der Waals surface area contributed by atoms with E-state index in [9.17, 15) is 14.4 Å². The molecular weight excluding hydrogens is 654 g/mol. The first-order valence-corrected chi connectivity index (χ1v) is 21.4. The fourth-order valence-electron chi connectivity index (χ4n) is 9.63. The highest BCUT2D eigenvalue weighted by atomic mass is 16.7. The first-order chi connectivity index (χ1) is 25.2. The molecule has 5 rings (SSSR count). The molecule has 8 nitrogen and oxygen atoms in total. The average molecular weight is 728 g/mol. The Morgan fingerprint density at radius 1 is 0.692 bits per heavy atom. The lowest BCUT2D eigenvalue weighted by Gasteiger charge is -2.56. The van der Waals surface area contributed by atoms with Gasteiger partial charge in [-0.05, 0) is 127 Å². The van der Waals surface area contributed by atoms with Gasteiger partial charge in [0, 0.05) is 25.6 Å². The van der Waals surface area contributed by atoms with Gasteiger partial charge in [0.15, 0.2) is 0 Å². The molecule has 0 aromatic rings. The number of unbranched alkanes of at least 4 members (excludes halogenated alkanes) is 9. The van der Waals surface area contributed by atoms with E-state index < -0.39 is 12.1 Å². The van der Waals surface area contributed by atoms with Gasteiger partial charge in [0.2, 0.25) is 0 Å². The third-order valence-electron chi connectivity index (χ3n) is 12.1. The summed E-state index contributed by atoms with van der Waals surface area (Å²) >= 11 is 0. The highest BCUT2D eigenvalue weighted by molar-refractivity contribution is 5.70. The number of carbonyl (C=O) groups is 3. The zero-order chi connectivity index (χ0) is 37.0. The minimum absolute atomic E-state index is 0.0213. The zero-order valence-electron chi connectivity index (χ0n) is 33.2. The van der Waals surface area contributed by atoms with Crippen molar-refractivity contribution in [1.82, 2.24) is 4.90 Å². The molecular formula is C44H73NO7.